The lowest BCUT2D eigenvalue weighted by molar-refractivity contribution is 0.0942. The third kappa shape index (κ3) is 4.23. The van der Waals surface area contributed by atoms with Gasteiger partial charge >= 0.3 is 0 Å². The van der Waals surface area contributed by atoms with Crippen molar-refractivity contribution in [2.75, 3.05) is 18.4 Å². The molecule has 104 valence electrons. The Morgan fingerprint density at radius 2 is 2.26 bits per heavy atom. The fourth-order valence-corrected chi connectivity index (χ4v) is 2.09. The predicted octanol–water partition coefficient (Wildman–Crippen LogP) is 2.68. The maximum Gasteiger partial charge on any atom is 0.269 e. The molecule has 19 heavy (non-hydrogen) atoms. The third-order valence-electron chi connectivity index (χ3n) is 3.55. The Morgan fingerprint density at radius 1 is 1.47 bits per heavy atom. The Bertz CT molecular complexity index is 429. The van der Waals surface area contributed by atoms with Gasteiger partial charge in [0.2, 0.25) is 0 Å². The molecule has 0 spiro atoms. The van der Waals surface area contributed by atoms with Gasteiger partial charge in [0, 0.05) is 13.1 Å². The van der Waals surface area contributed by atoms with Gasteiger partial charge < -0.3 is 10.6 Å². The minimum absolute atomic E-state index is 0.0763. The minimum Gasteiger partial charge on any atom is -0.370 e. The molecule has 0 radical (unpaired) electrons. The molecule has 1 aliphatic carbocycles. The number of nitrogens with zero attached hydrogens (tertiary/aromatic N) is 1. The Morgan fingerprint density at radius 3 is 2.95 bits per heavy atom. The highest BCUT2D eigenvalue weighted by atomic mass is 16.1. The van der Waals surface area contributed by atoms with Crippen LogP contribution in [0.2, 0.25) is 0 Å². The van der Waals surface area contributed by atoms with E-state index in [2.05, 4.69) is 29.5 Å². The number of nitrogens with one attached hydrogen (secondary N) is 2. The van der Waals surface area contributed by atoms with Crippen LogP contribution in [0, 0.1) is 11.8 Å². The van der Waals surface area contributed by atoms with E-state index < -0.39 is 0 Å². The quantitative estimate of drug-likeness (QED) is 0.793. The largest absolute Gasteiger partial charge is 0.370 e. The highest BCUT2D eigenvalue weighted by Gasteiger charge is 2.27. The summed E-state index contributed by atoms with van der Waals surface area (Å²) in [7, 11) is 0. The summed E-state index contributed by atoms with van der Waals surface area (Å²) in [5.74, 6) is 2.08. The van der Waals surface area contributed by atoms with Crippen molar-refractivity contribution >= 4 is 11.7 Å². The van der Waals surface area contributed by atoms with Gasteiger partial charge in [0.05, 0.1) is 0 Å². The first-order valence-corrected chi connectivity index (χ1v) is 7.19. The summed E-state index contributed by atoms with van der Waals surface area (Å²) in [5.41, 5.74) is 0.490. The molecule has 0 aromatic carbocycles. The minimum atomic E-state index is -0.0763. The number of rotatable bonds is 7. The molecule has 1 saturated carbocycles. The molecular formula is C15H23N3O. The van der Waals surface area contributed by atoms with Crippen molar-refractivity contribution in [3.8, 4) is 0 Å². The topological polar surface area (TPSA) is 54.0 Å². The summed E-state index contributed by atoms with van der Waals surface area (Å²) in [4.78, 5) is 16.3. The van der Waals surface area contributed by atoms with Crippen molar-refractivity contribution in [1.29, 1.82) is 0 Å². The van der Waals surface area contributed by atoms with E-state index in [1.54, 1.807) is 6.07 Å². The van der Waals surface area contributed by atoms with Gasteiger partial charge in [0.15, 0.2) is 0 Å². The molecule has 4 nitrogen and oxygen atoms in total. The van der Waals surface area contributed by atoms with Gasteiger partial charge in [-0.25, -0.2) is 4.98 Å². The van der Waals surface area contributed by atoms with Crippen LogP contribution in [0.1, 0.15) is 43.6 Å². The first-order valence-electron chi connectivity index (χ1n) is 7.19. The first-order chi connectivity index (χ1) is 9.20. The number of hydrogen-bond acceptors (Lipinski definition) is 3. The zero-order valence-electron chi connectivity index (χ0n) is 11.8. The summed E-state index contributed by atoms with van der Waals surface area (Å²) in [6, 6.07) is 5.51. The number of amides is 1. The maximum absolute atomic E-state index is 12.0. The Hall–Kier alpha value is -1.58. The van der Waals surface area contributed by atoms with E-state index in [0.29, 0.717) is 11.6 Å². The van der Waals surface area contributed by atoms with Gasteiger partial charge in [0.25, 0.3) is 5.91 Å². The number of hydrogen-bond donors (Lipinski definition) is 2. The lowest BCUT2D eigenvalue weighted by atomic mass is 10.1. The average molecular weight is 261 g/mol. The predicted molar refractivity (Wildman–Crippen MR) is 77.2 cm³/mol. The van der Waals surface area contributed by atoms with Gasteiger partial charge in [-0.3, -0.25) is 4.79 Å². The fraction of sp³-hybridized carbons (Fsp3) is 0.600. The molecule has 1 heterocycles. The molecule has 2 rings (SSSR count). The third-order valence-corrected chi connectivity index (χ3v) is 3.55. The molecule has 0 bridgehead atoms. The summed E-state index contributed by atoms with van der Waals surface area (Å²) in [6.45, 7) is 5.92. The smallest absolute Gasteiger partial charge is 0.269 e. The van der Waals surface area contributed by atoms with Crippen LogP contribution in [0.25, 0.3) is 0 Å². The number of anilines is 1. The van der Waals surface area contributed by atoms with Crippen molar-refractivity contribution < 1.29 is 4.79 Å². The number of carbonyl (C=O) groups is 1. The Labute approximate surface area is 115 Å². The average Bonchev–Trinajstić information content (AvgIpc) is 3.27. The van der Waals surface area contributed by atoms with Crippen LogP contribution in [0.3, 0.4) is 0 Å². The van der Waals surface area contributed by atoms with Gasteiger partial charge in [-0.2, -0.15) is 0 Å². The summed E-state index contributed by atoms with van der Waals surface area (Å²) >= 11 is 0. The molecule has 0 aliphatic heterocycles. The van der Waals surface area contributed by atoms with Crippen molar-refractivity contribution in [3.63, 3.8) is 0 Å². The lowest BCUT2D eigenvalue weighted by Crippen LogP contribution is -2.29. The van der Waals surface area contributed by atoms with E-state index in [1.165, 1.54) is 12.8 Å². The molecule has 0 saturated heterocycles. The van der Waals surface area contributed by atoms with Gasteiger partial charge in [-0.1, -0.05) is 19.9 Å². The number of carbonyl (C=O) groups excluding carboxylic acids is 1. The second-order valence-electron chi connectivity index (χ2n) is 5.36. The molecule has 1 aliphatic rings. The van der Waals surface area contributed by atoms with Crippen LogP contribution in [-0.2, 0) is 0 Å². The second-order valence-corrected chi connectivity index (χ2v) is 5.36. The zero-order valence-corrected chi connectivity index (χ0v) is 11.8. The molecule has 1 amide bonds. The molecule has 4 heteroatoms. The molecule has 1 atom stereocenters. The van der Waals surface area contributed by atoms with E-state index >= 15 is 0 Å². The molecule has 1 aromatic rings. The second kappa shape index (κ2) is 6.55. The summed E-state index contributed by atoms with van der Waals surface area (Å²) < 4.78 is 0. The van der Waals surface area contributed by atoms with Crippen LogP contribution in [0.4, 0.5) is 5.82 Å². The lowest BCUT2D eigenvalue weighted by Gasteiger charge is -2.11. The first kappa shape index (κ1) is 13.8. The molecule has 2 N–H and O–H groups in total. The number of aromatic nitrogens is 1. The zero-order chi connectivity index (χ0) is 13.7. The standard InChI is InChI=1S/C15H23N3O/c1-3-9-16-14-6-4-5-13(18-14)15(19)17-10-11(2)12-7-8-12/h4-6,11-12H,3,7-10H2,1-2H3,(H,16,18)(H,17,19). The van der Waals surface area contributed by atoms with Crippen LogP contribution >= 0.6 is 0 Å². The van der Waals surface area contributed by atoms with Crippen LogP contribution in [0.15, 0.2) is 18.2 Å². The molecule has 1 aromatic heterocycles. The highest BCUT2D eigenvalue weighted by Crippen LogP contribution is 2.36. The molecular weight excluding hydrogens is 238 g/mol. The maximum atomic E-state index is 12.0. The van der Waals surface area contributed by atoms with Crippen LogP contribution in [0.5, 0.6) is 0 Å². The van der Waals surface area contributed by atoms with Crippen molar-refractivity contribution in [2.45, 2.75) is 33.1 Å². The highest BCUT2D eigenvalue weighted by molar-refractivity contribution is 5.92. The van der Waals surface area contributed by atoms with Gasteiger partial charge in [-0.15, -0.1) is 0 Å². The molecule has 1 unspecified atom stereocenters. The van der Waals surface area contributed by atoms with Crippen molar-refractivity contribution in [3.05, 3.63) is 23.9 Å². The SMILES string of the molecule is CCCNc1cccc(C(=O)NCC(C)C2CC2)n1. The Balaban J connectivity index is 1.86. The van der Waals surface area contributed by atoms with E-state index in [1.807, 2.05) is 12.1 Å². The fourth-order valence-electron chi connectivity index (χ4n) is 2.09. The van der Waals surface area contributed by atoms with E-state index in [4.69, 9.17) is 0 Å². The van der Waals surface area contributed by atoms with E-state index in [0.717, 1.165) is 31.2 Å². The van der Waals surface area contributed by atoms with E-state index in [9.17, 15) is 4.79 Å². The summed E-state index contributed by atoms with van der Waals surface area (Å²) in [6.07, 6.45) is 3.66. The normalized spacial score (nSPS) is 15.9. The van der Waals surface area contributed by atoms with Crippen molar-refractivity contribution in [1.82, 2.24) is 10.3 Å². The summed E-state index contributed by atoms with van der Waals surface area (Å²) in [5, 5.41) is 6.17. The Kier molecular flexibility index (Phi) is 4.77. The van der Waals surface area contributed by atoms with Crippen molar-refractivity contribution in [2.24, 2.45) is 11.8 Å². The monoisotopic (exact) mass is 261 g/mol. The van der Waals surface area contributed by atoms with Gasteiger partial charge in [0.1, 0.15) is 11.5 Å². The molecule has 1 fully saturated rings. The van der Waals surface area contributed by atoms with Crippen LogP contribution < -0.4 is 10.6 Å². The van der Waals surface area contributed by atoms with Crippen LogP contribution in [-0.4, -0.2) is 24.0 Å². The number of pyridine rings is 1. The van der Waals surface area contributed by atoms with Gasteiger partial charge in [-0.05, 0) is 43.2 Å². The van der Waals surface area contributed by atoms with E-state index in [-0.39, 0.29) is 5.91 Å².